The maximum absolute atomic E-state index is 11.1. The van der Waals surface area contributed by atoms with Gasteiger partial charge in [-0.1, -0.05) is 36.4 Å². The maximum Gasteiger partial charge on any atom is 0.252 e. The SMILES string of the molecule is OC1(c2ccccc2)CCN(c2ncnc3oc(-c4cccs4)nc23)CC1. The predicted molar refractivity (Wildman–Crippen MR) is 105 cm³/mol. The van der Waals surface area contributed by atoms with Crippen molar-refractivity contribution in [3.63, 3.8) is 0 Å². The number of aliphatic hydroxyl groups is 1. The molecular formula is C20H18N4O2S. The summed E-state index contributed by atoms with van der Waals surface area (Å²) in [6.45, 7) is 1.39. The van der Waals surface area contributed by atoms with Gasteiger partial charge >= 0.3 is 0 Å². The fraction of sp³-hybridized carbons (Fsp3) is 0.250. The minimum Gasteiger partial charge on any atom is -0.417 e. The first-order valence-corrected chi connectivity index (χ1v) is 9.79. The molecule has 27 heavy (non-hydrogen) atoms. The minimum atomic E-state index is -0.796. The Labute approximate surface area is 160 Å². The van der Waals surface area contributed by atoms with Crippen LogP contribution >= 0.6 is 11.3 Å². The summed E-state index contributed by atoms with van der Waals surface area (Å²) < 4.78 is 5.83. The van der Waals surface area contributed by atoms with Gasteiger partial charge in [0.2, 0.25) is 5.89 Å². The fourth-order valence-corrected chi connectivity index (χ4v) is 4.25. The van der Waals surface area contributed by atoms with Crippen molar-refractivity contribution in [3.8, 4) is 10.8 Å². The number of hydrogen-bond acceptors (Lipinski definition) is 7. The van der Waals surface area contributed by atoms with E-state index >= 15 is 0 Å². The molecular weight excluding hydrogens is 360 g/mol. The van der Waals surface area contributed by atoms with Crippen molar-refractivity contribution in [1.29, 1.82) is 0 Å². The molecule has 1 saturated heterocycles. The van der Waals surface area contributed by atoms with E-state index in [4.69, 9.17) is 4.42 Å². The Kier molecular flexibility index (Phi) is 3.91. The van der Waals surface area contributed by atoms with E-state index in [9.17, 15) is 5.11 Å². The average Bonchev–Trinajstić information content (AvgIpc) is 3.39. The molecule has 0 aliphatic carbocycles. The molecule has 1 fully saturated rings. The van der Waals surface area contributed by atoms with Crippen LogP contribution in [0.15, 0.2) is 58.6 Å². The van der Waals surface area contributed by atoms with Gasteiger partial charge in [0.05, 0.1) is 10.5 Å². The molecule has 0 bridgehead atoms. The standard InChI is InChI=1S/C20H18N4O2S/c25-20(14-5-2-1-3-6-14)8-10-24(11-9-20)17-16-19(22-13-21-17)26-18(23-16)15-7-4-12-27-15/h1-7,12-13,25H,8-11H2. The molecule has 0 radical (unpaired) electrons. The summed E-state index contributed by atoms with van der Waals surface area (Å²) in [7, 11) is 0. The highest BCUT2D eigenvalue weighted by Crippen LogP contribution is 2.36. The number of oxazole rings is 1. The van der Waals surface area contributed by atoms with Crippen LogP contribution in [0.5, 0.6) is 0 Å². The molecule has 136 valence electrons. The van der Waals surface area contributed by atoms with Gasteiger partial charge in [-0.05, 0) is 29.9 Å². The lowest BCUT2D eigenvalue weighted by molar-refractivity contribution is 0.0117. The summed E-state index contributed by atoms with van der Waals surface area (Å²) in [6, 6.07) is 13.8. The number of thiophene rings is 1. The molecule has 3 aromatic heterocycles. The number of anilines is 1. The van der Waals surface area contributed by atoms with Crippen molar-refractivity contribution in [2.75, 3.05) is 18.0 Å². The average molecular weight is 378 g/mol. The quantitative estimate of drug-likeness (QED) is 0.584. The second-order valence-electron chi connectivity index (χ2n) is 6.73. The van der Waals surface area contributed by atoms with Crippen LogP contribution in [-0.4, -0.2) is 33.1 Å². The topological polar surface area (TPSA) is 75.3 Å². The molecule has 0 atom stereocenters. The number of nitrogens with zero attached hydrogens (tertiary/aromatic N) is 4. The Morgan fingerprint density at radius 1 is 1.04 bits per heavy atom. The molecule has 1 aliphatic heterocycles. The van der Waals surface area contributed by atoms with E-state index in [2.05, 4.69) is 19.9 Å². The highest BCUT2D eigenvalue weighted by Gasteiger charge is 2.35. The van der Waals surface area contributed by atoms with Crippen molar-refractivity contribution in [1.82, 2.24) is 15.0 Å². The first kappa shape index (κ1) is 16.4. The first-order chi connectivity index (χ1) is 13.2. The number of hydrogen-bond donors (Lipinski definition) is 1. The Bertz CT molecular complexity index is 1050. The third-order valence-electron chi connectivity index (χ3n) is 5.11. The fourth-order valence-electron chi connectivity index (χ4n) is 3.60. The van der Waals surface area contributed by atoms with Crippen molar-refractivity contribution in [2.45, 2.75) is 18.4 Å². The number of benzene rings is 1. The highest BCUT2D eigenvalue weighted by molar-refractivity contribution is 7.13. The van der Waals surface area contributed by atoms with Crippen LogP contribution in [0.4, 0.5) is 5.82 Å². The molecule has 5 rings (SSSR count). The van der Waals surface area contributed by atoms with Gasteiger partial charge in [-0.15, -0.1) is 11.3 Å². The van der Waals surface area contributed by atoms with E-state index in [0.717, 1.165) is 16.3 Å². The van der Waals surface area contributed by atoms with E-state index < -0.39 is 5.60 Å². The van der Waals surface area contributed by atoms with E-state index in [-0.39, 0.29) is 0 Å². The molecule has 0 saturated carbocycles. The van der Waals surface area contributed by atoms with Crippen LogP contribution in [0, 0.1) is 0 Å². The Balaban J connectivity index is 1.44. The smallest absolute Gasteiger partial charge is 0.252 e. The zero-order chi connectivity index (χ0) is 18.3. The molecule has 7 heteroatoms. The first-order valence-electron chi connectivity index (χ1n) is 8.91. The van der Waals surface area contributed by atoms with Crippen molar-refractivity contribution >= 4 is 28.4 Å². The number of fused-ring (bicyclic) bond motifs is 1. The predicted octanol–water partition coefficient (Wildman–Crippen LogP) is 3.83. The maximum atomic E-state index is 11.1. The monoisotopic (exact) mass is 378 g/mol. The van der Waals surface area contributed by atoms with Crippen LogP contribution in [0.2, 0.25) is 0 Å². The third-order valence-corrected chi connectivity index (χ3v) is 5.97. The Morgan fingerprint density at radius 3 is 2.59 bits per heavy atom. The lowest BCUT2D eigenvalue weighted by Crippen LogP contribution is -2.43. The minimum absolute atomic E-state index is 0.493. The summed E-state index contributed by atoms with van der Waals surface area (Å²) in [5, 5.41) is 13.0. The van der Waals surface area contributed by atoms with Gasteiger partial charge in [0.1, 0.15) is 6.33 Å². The molecule has 6 nitrogen and oxygen atoms in total. The molecule has 0 unspecified atom stereocenters. The van der Waals surface area contributed by atoms with E-state index in [1.807, 2.05) is 47.8 Å². The highest BCUT2D eigenvalue weighted by atomic mass is 32.1. The van der Waals surface area contributed by atoms with Gasteiger partial charge in [-0.25, -0.2) is 9.97 Å². The summed E-state index contributed by atoms with van der Waals surface area (Å²) in [5.74, 6) is 1.33. The van der Waals surface area contributed by atoms with Crippen LogP contribution in [0.3, 0.4) is 0 Å². The number of rotatable bonds is 3. The zero-order valence-corrected chi connectivity index (χ0v) is 15.4. The summed E-state index contributed by atoms with van der Waals surface area (Å²) in [4.78, 5) is 16.5. The summed E-state index contributed by atoms with van der Waals surface area (Å²) >= 11 is 1.58. The van der Waals surface area contributed by atoms with Gasteiger partial charge in [0, 0.05) is 13.1 Å². The van der Waals surface area contributed by atoms with Crippen LogP contribution in [0.25, 0.3) is 22.0 Å². The zero-order valence-electron chi connectivity index (χ0n) is 14.6. The van der Waals surface area contributed by atoms with Gasteiger partial charge in [0.25, 0.3) is 5.71 Å². The summed E-state index contributed by atoms with van der Waals surface area (Å²) in [6.07, 6.45) is 2.79. The molecule has 0 spiro atoms. The van der Waals surface area contributed by atoms with Crippen LogP contribution in [-0.2, 0) is 5.60 Å². The van der Waals surface area contributed by atoms with Crippen molar-refractivity contribution < 1.29 is 9.52 Å². The Hall–Kier alpha value is -2.77. The van der Waals surface area contributed by atoms with E-state index in [1.165, 1.54) is 6.33 Å². The van der Waals surface area contributed by atoms with Crippen LogP contribution in [0.1, 0.15) is 18.4 Å². The second kappa shape index (κ2) is 6.44. The second-order valence-corrected chi connectivity index (χ2v) is 7.68. The molecule has 0 amide bonds. The number of piperidine rings is 1. The molecule has 1 aromatic carbocycles. The normalized spacial score (nSPS) is 16.7. The molecule has 1 aliphatic rings. The molecule has 4 aromatic rings. The number of aromatic nitrogens is 3. The van der Waals surface area contributed by atoms with Crippen LogP contribution < -0.4 is 4.90 Å². The molecule has 1 N–H and O–H groups in total. The third kappa shape index (κ3) is 2.89. The summed E-state index contributed by atoms with van der Waals surface area (Å²) in [5.41, 5.74) is 1.34. The van der Waals surface area contributed by atoms with Gasteiger partial charge < -0.3 is 14.4 Å². The molecule has 4 heterocycles. The van der Waals surface area contributed by atoms with Gasteiger partial charge in [0.15, 0.2) is 11.3 Å². The van der Waals surface area contributed by atoms with E-state index in [0.29, 0.717) is 43.1 Å². The largest absolute Gasteiger partial charge is 0.417 e. The van der Waals surface area contributed by atoms with Gasteiger partial charge in [-0.3, -0.25) is 0 Å². The lowest BCUT2D eigenvalue weighted by Gasteiger charge is -2.39. The Morgan fingerprint density at radius 2 is 1.85 bits per heavy atom. The van der Waals surface area contributed by atoms with Crippen molar-refractivity contribution in [3.05, 3.63) is 59.7 Å². The van der Waals surface area contributed by atoms with E-state index in [1.54, 1.807) is 11.3 Å². The van der Waals surface area contributed by atoms with Crippen molar-refractivity contribution in [2.24, 2.45) is 0 Å². The lowest BCUT2D eigenvalue weighted by atomic mass is 9.84. The van der Waals surface area contributed by atoms with Gasteiger partial charge in [-0.2, -0.15) is 4.98 Å².